The molecule has 3 nitrogen and oxygen atoms in total. The van der Waals surface area contributed by atoms with Crippen molar-refractivity contribution in [1.29, 1.82) is 0 Å². The van der Waals surface area contributed by atoms with Crippen molar-refractivity contribution in [3.05, 3.63) is 45.0 Å². The SMILES string of the molecule is CCOc1ccc(Nc2ncc(Br)cc2Br)cc1CCl. The molecule has 0 atom stereocenters. The van der Waals surface area contributed by atoms with Crippen molar-refractivity contribution in [2.75, 3.05) is 11.9 Å². The molecule has 0 spiro atoms. The first-order valence-corrected chi connectivity index (χ1v) is 8.16. The number of nitrogens with one attached hydrogen (secondary N) is 1. The van der Waals surface area contributed by atoms with Crippen LogP contribution in [-0.4, -0.2) is 11.6 Å². The maximum absolute atomic E-state index is 5.96. The van der Waals surface area contributed by atoms with Gasteiger partial charge in [0.25, 0.3) is 0 Å². The van der Waals surface area contributed by atoms with Gasteiger partial charge in [-0.15, -0.1) is 11.6 Å². The highest BCUT2D eigenvalue weighted by atomic mass is 79.9. The fourth-order valence-electron chi connectivity index (χ4n) is 1.70. The molecule has 2 rings (SSSR count). The summed E-state index contributed by atoms with van der Waals surface area (Å²) in [5.41, 5.74) is 1.87. The van der Waals surface area contributed by atoms with Gasteiger partial charge >= 0.3 is 0 Å². The zero-order valence-electron chi connectivity index (χ0n) is 10.8. The van der Waals surface area contributed by atoms with Crippen molar-refractivity contribution in [1.82, 2.24) is 4.98 Å². The van der Waals surface area contributed by atoms with E-state index in [1.807, 2.05) is 31.2 Å². The molecule has 20 heavy (non-hydrogen) atoms. The molecule has 0 saturated carbocycles. The maximum Gasteiger partial charge on any atom is 0.144 e. The van der Waals surface area contributed by atoms with Crippen molar-refractivity contribution < 1.29 is 4.74 Å². The first-order chi connectivity index (χ1) is 9.63. The third-order valence-corrected chi connectivity index (χ3v) is 3.90. The Morgan fingerprint density at radius 2 is 2.10 bits per heavy atom. The molecule has 0 aliphatic rings. The Kier molecular flexibility index (Phi) is 5.69. The lowest BCUT2D eigenvalue weighted by Crippen LogP contribution is -1.98. The largest absolute Gasteiger partial charge is 0.494 e. The molecule has 0 aliphatic heterocycles. The second-order valence-electron chi connectivity index (χ2n) is 4.00. The summed E-state index contributed by atoms with van der Waals surface area (Å²) in [6, 6.07) is 7.76. The molecule has 0 radical (unpaired) electrons. The van der Waals surface area contributed by atoms with Crippen molar-refractivity contribution in [3.63, 3.8) is 0 Å². The number of rotatable bonds is 5. The molecule has 1 aromatic carbocycles. The zero-order chi connectivity index (χ0) is 14.5. The van der Waals surface area contributed by atoms with Gasteiger partial charge in [-0.25, -0.2) is 4.98 Å². The van der Waals surface area contributed by atoms with Gasteiger partial charge in [-0.05, 0) is 63.0 Å². The van der Waals surface area contributed by atoms with Crippen LogP contribution in [0.1, 0.15) is 12.5 Å². The molecule has 0 aliphatic carbocycles. The summed E-state index contributed by atoms with van der Waals surface area (Å²) in [5, 5.41) is 3.25. The number of ether oxygens (including phenoxy) is 1. The number of anilines is 2. The van der Waals surface area contributed by atoms with E-state index in [0.29, 0.717) is 12.5 Å². The van der Waals surface area contributed by atoms with Crippen molar-refractivity contribution in [2.24, 2.45) is 0 Å². The van der Waals surface area contributed by atoms with Crippen molar-refractivity contribution in [3.8, 4) is 5.75 Å². The number of aromatic nitrogens is 1. The minimum atomic E-state index is 0.403. The summed E-state index contributed by atoms with van der Waals surface area (Å²) in [7, 11) is 0. The summed E-state index contributed by atoms with van der Waals surface area (Å²) in [6.45, 7) is 2.57. The van der Waals surface area contributed by atoms with E-state index in [0.717, 1.165) is 31.8 Å². The molecule has 6 heteroatoms. The number of benzene rings is 1. The van der Waals surface area contributed by atoms with Crippen LogP contribution in [0.3, 0.4) is 0 Å². The third-order valence-electron chi connectivity index (χ3n) is 2.57. The van der Waals surface area contributed by atoms with Gasteiger partial charge < -0.3 is 10.1 Å². The van der Waals surface area contributed by atoms with E-state index in [9.17, 15) is 0 Å². The second kappa shape index (κ2) is 7.29. The Morgan fingerprint density at radius 1 is 1.30 bits per heavy atom. The van der Waals surface area contributed by atoms with Crippen LogP contribution in [0.2, 0.25) is 0 Å². The van der Waals surface area contributed by atoms with Gasteiger partial charge in [0.05, 0.1) is 17.0 Å². The molecule has 106 valence electrons. The van der Waals surface area contributed by atoms with E-state index in [-0.39, 0.29) is 0 Å². The van der Waals surface area contributed by atoms with Crippen LogP contribution in [0.15, 0.2) is 39.4 Å². The number of alkyl halides is 1. The molecule has 0 unspecified atom stereocenters. The number of pyridine rings is 1. The van der Waals surface area contributed by atoms with E-state index in [2.05, 4.69) is 42.2 Å². The van der Waals surface area contributed by atoms with Crippen LogP contribution in [0.4, 0.5) is 11.5 Å². The minimum Gasteiger partial charge on any atom is -0.494 e. The average molecular weight is 421 g/mol. The zero-order valence-corrected chi connectivity index (χ0v) is 14.7. The summed E-state index contributed by atoms with van der Waals surface area (Å²) in [6.07, 6.45) is 1.74. The number of halogens is 3. The van der Waals surface area contributed by atoms with E-state index in [1.54, 1.807) is 6.20 Å². The summed E-state index contributed by atoms with van der Waals surface area (Å²) in [5.74, 6) is 1.97. The minimum absolute atomic E-state index is 0.403. The molecule has 0 amide bonds. The number of hydrogen-bond donors (Lipinski definition) is 1. The third kappa shape index (κ3) is 3.87. The van der Waals surface area contributed by atoms with E-state index < -0.39 is 0 Å². The van der Waals surface area contributed by atoms with Crippen LogP contribution < -0.4 is 10.1 Å². The first-order valence-electron chi connectivity index (χ1n) is 6.03. The van der Waals surface area contributed by atoms with Gasteiger partial charge in [-0.2, -0.15) is 0 Å². The second-order valence-corrected chi connectivity index (χ2v) is 6.04. The van der Waals surface area contributed by atoms with Gasteiger partial charge in [0.15, 0.2) is 0 Å². The van der Waals surface area contributed by atoms with Gasteiger partial charge in [-0.3, -0.25) is 0 Å². The molecule has 0 saturated heterocycles. The Morgan fingerprint density at radius 3 is 2.75 bits per heavy atom. The standard InChI is InChI=1S/C14H13Br2ClN2O/c1-2-20-13-4-3-11(5-9(13)7-17)19-14-12(16)6-10(15)8-18-14/h3-6,8H,2,7H2,1H3,(H,18,19). The van der Waals surface area contributed by atoms with E-state index >= 15 is 0 Å². The van der Waals surface area contributed by atoms with Crippen LogP contribution in [0, 0.1) is 0 Å². The van der Waals surface area contributed by atoms with Crippen molar-refractivity contribution >= 4 is 55.0 Å². The fraction of sp³-hybridized carbons (Fsp3) is 0.214. The summed E-state index contributed by atoms with van der Waals surface area (Å²) < 4.78 is 7.33. The van der Waals surface area contributed by atoms with Crippen LogP contribution in [-0.2, 0) is 5.88 Å². The predicted molar refractivity (Wildman–Crippen MR) is 90.1 cm³/mol. The highest BCUT2D eigenvalue weighted by Gasteiger charge is 2.07. The predicted octanol–water partition coefficient (Wildman–Crippen LogP) is 5.49. The Balaban J connectivity index is 2.25. The maximum atomic E-state index is 5.96. The van der Waals surface area contributed by atoms with E-state index in [1.165, 1.54) is 0 Å². The van der Waals surface area contributed by atoms with Gasteiger partial charge in [0, 0.05) is 21.9 Å². The molecule has 1 N–H and O–H groups in total. The fourth-order valence-corrected chi connectivity index (χ4v) is 3.00. The summed E-state index contributed by atoms with van der Waals surface area (Å²) >= 11 is 12.8. The van der Waals surface area contributed by atoms with Crippen LogP contribution in [0.25, 0.3) is 0 Å². The lowest BCUT2D eigenvalue weighted by molar-refractivity contribution is 0.337. The molecule has 2 aromatic rings. The van der Waals surface area contributed by atoms with Crippen LogP contribution in [0.5, 0.6) is 5.75 Å². The molecular weight excluding hydrogens is 407 g/mol. The molecule has 0 fully saturated rings. The Bertz CT molecular complexity index is 608. The monoisotopic (exact) mass is 418 g/mol. The topological polar surface area (TPSA) is 34.1 Å². The summed E-state index contributed by atoms with van der Waals surface area (Å²) in [4.78, 5) is 4.32. The number of hydrogen-bond acceptors (Lipinski definition) is 3. The molecule has 1 heterocycles. The highest BCUT2D eigenvalue weighted by molar-refractivity contribution is 9.11. The smallest absolute Gasteiger partial charge is 0.144 e. The molecule has 1 aromatic heterocycles. The van der Waals surface area contributed by atoms with Gasteiger partial charge in [-0.1, -0.05) is 0 Å². The first kappa shape index (κ1) is 15.6. The molecule has 0 bridgehead atoms. The van der Waals surface area contributed by atoms with Crippen LogP contribution >= 0.6 is 43.5 Å². The normalized spacial score (nSPS) is 10.4. The highest BCUT2D eigenvalue weighted by Crippen LogP contribution is 2.29. The lowest BCUT2D eigenvalue weighted by atomic mass is 10.2. The van der Waals surface area contributed by atoms with Crippen molar-refractivity contribution in [2.45, 2.75) is 12.8 Å². The van der Waals surface area contributed by atoms with Gasteiger partial charge in [0.2, 0.25) is 0 Å². The van der Waals surface area contributed by atoms with E-state index in [4.69, 9.17) is 16.3 Å². The Labute approximate surface area is 140 Å². The van der Waals surface area contributed by atoms with Gasteiger partial charge in [0.1, 0.15) is 11.6 Å². The number of nitrogens with zero attached hydrogens (tertiary/aromatic N) is 1. The quantitative estimate of drug-likeness (QED) is 0.650. The molecular formula is C14H13Br2ClN2O. The Hall–Kier alpha value is -0.780. The lowest BCUT2D eigenvalue weighted by Gasteiger charge is -2.12. The average Bonchev–Trinajstić information content (AvgIpc) is 2.43.